The fourth-order valence-electron chi connectivity index (χ4n) is 1.24. The van der Waals surface area contributed by atoms with Gasteiger partial charge in [-0.1, -0.05) is 30.3 Å². The number of benzene rings is 1. The Kier molecular flexibility index (Phi) is 3.09. The van der Waals surface area contributed by atoms with E-state index in [1.807, 2.05) is 30.5 Å². The van der Waals surface area contributed by atoms with E-state index >= 15 is 0 Å². The number of thiocarbonyl (C=S) groups is 1. The molecule has 0 atom stereocenters. The normalized spacial score (nSPS) is 9.87. The summed E-state index contributed by atoms with van der Waals surface area (Å²) in [4.78, 5) is 0. The van der Waals surface area contributed by atoms with Gasteiger partial charge in [-0.25, -0.2) is 4.68 Å². The van der Waals surface area contributed by atoms with Gasteiger partial charge in [0.1, 0.15) is 0 Å². The van der Waals surface area contributed by atoms with Crippen molar-refractivity contribution in [1.29, 1.82) is 0 Å². The minimum atomic E-state index is 0.615. The van der Waals surface area contributed by atoms with Gasteiger partial charge < -0.3 is 5.32 Å². The molecule has 1 heterocycles. The van der Waals surface area contributed by atoms with Gasteiger partial charge in [0, 0.05) is 18.9 Å². The highest BCUT2D eigenvalue weighted by atomic mass is 32.1. The van der Waals surface area contributed by atoms with E-state index in [1.165, 1.54) is 5.56 Å². The van der Waals surface area contributed by atoms with Crippen LogP contribution in [0.2, 0.25) is 0 Å². The van der Waals surface area contributed by atoms with E-state index in [4.69, 9.17) is 12.2 Å². The fourth-order valence-corrected chi connectivity index (χ4v) is 1.42. The van der Waals surface area contributed by atoms with Crippen LogP contribution >= 0.6 is 12.2 Å². The molecule has 0 saturated heterocycles. The molecule has 4 heteroatoms. The summed E-state index contributed by atoms with van der Waals surface area (Å²) in [5, 5.41) is 7.79. The van der Waals surface area contributed by atoms with E-state index < -0.39 is 0 Å². The van der Waals surface area contributed by atoms with Gasteiger partial charge in [0.15, 0.2) is 5.11 Å². The molecule has 0 aliphatic rings. The summed E-state index contributed by atoms with van der Waals surface area (Å²) in [5.74, 6) is 0. The van der Waals surface area contributed by atoms with Crippen LogP contribution in [0.15, 0.2) is 48.8 Å². The second-order valence-corrected chi connectivity index (χ2v) is 3.48. The topological polar surface area (TPSA) is 29.9 Å². The third-order valence-electron chi connectivity index (χ3n) is 2.00. The molecule has 0 radical (unpaired) electrons. The Morgan fingerprint density at radius 1 is 1.27 bits per heavy atom. The molecule has 0 aliphatic carbocycles. The Morgan fingerprint density at radius 2 is 2.07 bits per heavy atom. The SMILES string of the molecule is S=C(NCc1ccccc1)n1cccn1. The molecule has 0 aliphatic heterocycles. The second-order valence-electron chi connectivity index (χ2n) is 3.09. The van der Waals surface area contributed by atoms with Gasteiger partial charge in [0.05, 0.1) is 0 Å². The summed E-state index contributed by atoms with van der Waals surface area (Å²) in [5.41, 5.74) is 1.20. The molecule has 0 fully saturated rings. The van der Waals surface area contributed by atoms with E-state index in [1.54, 1.807) is 10.9 Å². The zero-order valence-electron chi connectivity index (χ0n) is 8.13. The lowest BCUT2D eigenvalue weighted by atomic mass is 10.2. The zero-order chi connectivity index (χ0) is 10.5. The number of nitrogens with zero attached hydrogens (tertiary/aromatic N) is 2. The van der Waals surface area contributed by atoms with Crippen LogP contribution < -0.4 is 5.32 Å². The van der Waals surface area contributed by atoms with Crippen molar-refractivity contribution in [2.24, 2.45) is 0 Å². The van der Waals surface area contributed by atoms with Gasteiger partial charge in [0.25, 0.3) is 0 Å². The monoisotopic (exact) mass is 217 g/mol. The maximum absolute atomic E-state index is 5.16. The minimum absolute atomic E-state index is 0.615. The molecule has 0 bridgehead atoms. The molecule has 3 nitrogen and oxygen atoms in total. The fraction of sp³-hybridized carbons (Fsp3) is 0.0909. The van der Waals surface area contributed by atoms with Crippen molar-refractivity contribution < 1.29 is 0 Å². The summed E-state index contributed by atoms with van der Waals surface area (Å²) in [7, 11) is 0. The Morgan fingerprint density at radius 3 is 2.73 bits per heavy atom. The van der Waals surface area contributed by atoms with Crippen molar-refractivity contribution in [2.75, 3.05) is 0 Å². The smallest absolute Gasteiger partial charge is 0.194 e. The molecule has 1 aromatic carbocycles. The van der Waals surface area contributed by atoms with Crippen LogP contribution in [0.25, 0.3) is 0 Å². The van der Waals surface area contributed by atoms with E-state index in [-0.39, 0.29) is 0 Å². The van der Waals surface area contributed by atoms with Crippen molar-refractivity contribution in [1.82, 2.24) is 15.1 Å². The highest BCUT2D eigenvalue weighted by Gasteiger charge is 1.98. The van der Waals surface area contributed by atoms with Crippen molar-refractivity contribution in [3.63, 3.8) is 0 Å². The molecule has 0 amide bonds. The molecule has 1 N–H and O–H groups in total. The van der Waals surface area contributed by atoms with Crippen LogP contribution in [0.3, 0.4) is 0 Å². The largest absolute Gasteiger partial charge is 0.357 e. The number of aromatic nitrogens is 2. The Balaban J connectivity index is 1.92. The molecule has 2 aromatic rings. The third kappa shape index (κ3) is 2.63. The minimum Gasteiger partial charge on any atom is -0.357 e. The van der Waals surface area contributed by atoms with Crippen molar-refractivity contribution >= 4 is 17.3 Å². The summed E-state index contributed by atoms with van der Waals surface area (Å²) in [6.45, 7) is 0.722. The quantitative estimate of drug-likeness (QED) is 0.778. The van der Waals surface area contributed by atoms with Crippen LogP contribution in [0.1, 0.15) is 5.56 Å². The number of hydrogen-bond donors (Lipinski definition) is 1. The first-order chi connectivity index (χ1) is 7.36. The summed E-state index contributed by atoms with van der Waals surface area (Å²) >= 11 is 5.16. The molecule has 76 valence electrons. The summed E-state index contributed by atoms with van der Waals surface area (Å²) in [6.07, 6.45) is 3.52. The average Bonchev–Trinajstić information content (AvgIpc) is 2.81. The van der Waals surface area contributed by atoms with Gasteiger partial charge >= 0.3 is 0 Å². The van der Waals surface area contributed by atoms with Crippen LogP contribution in [-0.4, -0.2) is 14.9 Å². The van der Waals surface area contributed by atoms with Gasteiger partial charge in [-0.3, -0.25) is 0 Å². The maximum Gasteiger partial charge on any atom is 0.194 e. The average molecular weight is 217 g/mol. The first-order valence-corrected chi connectivity index (χ1v) is 5.09. The highest BCUT2D eigenvalue weighted by Crippen LogP contribution is 1.97. The van der Waals surface area contributed by atoms with E-state index in [0.29, 0.717) is 5.11 Å². The lowest BCUT2D eigenvalue weighted by molar-refractivity contribution is 0.836. The Labute approximate surface area is 93.7 Å². The zero-order valence-corrected chi connectivity index (χ0v) is 8.95. The maximum atomic E-state index is 5.16. The first-order valence-electron chi connectivity index (χ1n) is 4.68. The van der Waals surface area contributed by atoms with Gasteiger partial charge in [-0.2, -0.15) is 5.10 Å². The van der Waals surface area contributed by atoms with Crippen molar-refractivity contribution in [3.8, 4) is 0 Å². The lowest BCUT2D eigenvalue weighted by Crippen LogP contribution is -2.27. The van der Waals surface area contributed by atoms with E-state index in [9.17, 15) is 0 Å². The van der Waals surface area contributed by atoms with Gasteiger partial charge in [-0.05, 0) is 23.8 Å². The van der Waals surface area contributed by atoms with Gasteiger partial charge in [-0.15, -0.1) is 0 Å². The number of hydrogen-bond acceptors (Lipinski definition) is 2. The lowest BCUT2D eigenvalue weighted by Gasteiger charge is -2.07. The summed E-state index contributed by atoms with van der Waals surface area (Å²) in [6, 6.07) is 12.0. The number of rotatable bonds is 2. The van der Waals surface area contributed by atoms with Crippen LogP contribution in [0.5, 0.6) is 0 Å². The van der Waals surface area contributed by atoms with Crippen LogP contribution in [0, 0.1) is 0 Å². The van der Waals surface area contributed by atoms with Crippen molar-refractivity contribution in [3.05, 3.63) is 54.4 Å². The van der Waals surface area contributed by atoms with E-state index in [0.717, 1.165) is 6.54 Å². The molecule has 0 spiro atoms. The second kappa shape index (κ2) is 4.70. The van der Waals surface area contributed by atoms with Crippen LogP contribution in [-0.2, 0) is 6.54 Å². The predicted molar refractivity (Wildman–Crippen MR) is 63.5 cm³/mol. The molecule has 0 saturated carbocycles. The van der Waals surface area contributed by atoms with Crippen LogP contribution in [0.4, 0.5) is 0 Å². The summed E-state index contributed by atoms with van der Waals surface area (Å²) < 4.78 is 1.64. The first kappa shape index (κ1) is 9.86. The highest BCUT2D eigenvalue weighted by molar-refractivity contribution is 7.80. The predicted octanol–water partition coefficient (Wildman–Crippen LogP) is 1.81. The number of nitrogens with one attached hydrogen (secondary N) is 1. The molecule has 1 aromatic heterocycles. The Hall–Kier alpha value is -1.68. The van der Waals surface area contributed by atoms with Crippen molar-refractivity contribution in [2.45, 2.75) is 6.54 Å². The molecular formula is C11H11N3S. The van der Waals surface area contributed by atoms with Gasteiger partial charge in [0.2, 0.25) is 0 Å². The molecule has 2 rings (SSSR count). The molecule has 15 heavy (non-hydrogen) atoms. The molecular weight excluding hydrogens is 206 g/mol. The molecule has 0 unspecified atom stereocenters. The van der Waals surface area contributed by atoms with E-state index in [2.05, 4.69) is 22.5 Å². The third-order valence-corrected chi connectivity index (χ3v) is 2.33. The standard InChI is InChI=1S/C11H11N3S/c15-11(14-8-4-7-13-14)12-9-10-5-2-1-3-6-10/h1-8H,9H2,(H,12,15). The Bertz CT molecular complexity index is 422.